The number of amides is 1. The Labute approximate surface area is 187 Å². The first-order chi connectivity index (χ1) is 14.5. The highest BCUT2D eigenvalue weighted by Gasteiger charge is 2.31. The number of rotatable bonds is 9. The molecule has 0 spiro atoms. The Hall–Kier alpha value is -2.49. The molecule has 1 aliphatic heterocycles. The molecular weight excluding hydrogens is 440 g/mol. The summed E-state index contributed by atoms with van der Waals surface area (Å²) in [6.07, 6.45) is 3.68. The number of carbonyl (C=O) groups excluding carboxylic acids is 2. The molecule has 1 aliphatic rings. The van der Waals surface area contributed by atoms with Gasteiger partial charge in [0.2, 0.25) is 0 Å². The van der Waals surface area contributed by atoms with Crippen LogP contribution in [0.25, 0.3) is 6.08 Å². The summed E-state index contributed by atoms with van der Waals surface area (Å²) in [5, 5.41) is 9.42. The Balaban J connectivity index is 1.70. The number of nitrogens with zero attached hydrogens (tertiary/aromatic N) is 2. The van der Waals surface area contributed by atoms with Crippen LogP contribution in [0.3, 0.4) is 0 Å². The van der Waals surface area contributed by atoms with Crippen molar-refractivity contribution in [3.8, 4) is 0 Å². The van der Waals surface area contributed by atoms with E-state index in [0.29, 0.717) is 26.2 Å². The van der Waals surface area contributed by atoms with E-state index in [9.17, 15) is 14.4 Å². The van der Waals surface area contributed by atoms with E-state index in [1.54, 1.807) is 30.5 Å². The van der Waals surface area contributed by atoms with Crippen molar-refractivity contribution < 1.29 is 19.5 Å². The molecular formula is C21H18N2O4S3. The lowest BCUT2D eigenvalue weighted by atomic mass is 10.2. The van der Waals surface area contributed by atoms with Crippen LogP contribution in [0.5, 0.6) is 0 Å². The van der Waals surface area contributed by atoms with Gasteiger partial charge in [0.1, 0.15) is 9.35 Å². The second-order valence-electron chi connectivity index (χ2n) is 6.31. The van der Waals surface area contributed by atoms with Crippen LogP contribution < -0.4 is 0 Å². The summed E-state index contributed by atoms with van der Waals surface area (Å²) in [6.45, 7) is 0.272. The van der Waals surface area contributed by atoms with Gasteiger partial charge in [0.15, 0.2) is 5.78 Å². The van der Waals surface area contributed by atoms with Crippen molar-refractivity contribution in [2.75, 3.05) is 12.3 Å². The van der Waals surface area contributed by atoms with Crippen molar-refractivity contribution in [2.45, 2.75) is 17.9 Å². The number of hydrogen-bond acceptors (Lipinski definition) is 7. The van der Waals surface area contributed by atoms with E-state index in [4.69, 9.17) is 17.3 Å². The Morgan fingerprint density at radius 3 is 2.70 bits per heavy atom. The average molecular weight is 459 g/mol. The van der Waals surface area contributed by atoms with E-state index in [-0.39, 0.29) is 30.4 Å². The molecule has 30 heavy (non-hydrogen) atoms. The smallest absolute Gasteiger partial charge is 0.303 e. The van der Waals surface area contributed by atoms with Crippen LogP contribution in [0.1, 0.15) is 28.8 Å². The van der Waals surface area contributed by atoms with Crippen molar-refractivity contribution in [1.82, 2.24) is 9.88 Å². The van der Waals surface area contributed by atoms with Gasteiger partial charge in [-0.2, -0.15) is 0 Å². The molecule has 1 N–H and O–H groups in total. The highest BCUT2D eigenvalue weighted by Crippen LogP contribution is 2.34. The van der Waals surface area contributed by atoms with Gasteiger partial charge in [-0.25, -0.2) is 4.98 Å². The number of pyridine rings is 1. The topological polar surface area (TPSA) is 87.6 Å². The predicted molar refractivity (Wildman–Crippen MR) is 122 cm³/mol. The third-order valence-corrected chi connectivity index (χ3v) is 6.57. The maximum Gasteiger partial charge on any atom is 0.303 e. The molecule has 0 aliphatic carbocycles. The Morgan fingerprint density at radius 2 is 1.97 bits per heavy atom. The van der Waals surface area contributed by atoms with Crippen molar-refractivity contribution in [3.63, 3.8) is 0 Å². The van der Waals surface area contributed by atoms with E-state index >= 15 is 0 Å². The molecule has 3 rings (SSSR count). The molecule has 0 atom stereocenters. The van der Waals surface area contributed by atoms with Crippen LogP contribution >= 0.6 is 35.7 Å². The highest BCUT2D eigenvalue weighted by atomic mass is 32.2. The molecule has 1 amide bonds. The maximum atomic E-state index is 12.7. The van der Waals surface area contributed by atoms with E-state index < -0.39 is 5.97 Å². The number of carbonyl (C=O) groups is 3. The third kappa shape index (κ3) is 5.78. The lowest BCUT2D eigenvalue weighted by molar-refractivity contribution is -0.137. The average Bonchev–Trinajstić information content (AvgIpc) is 3.00. The summed E-state index contributed by atoms with van der Waals surface area (Å²) < 4.78 is 0.411. The molecule has 1 aromatic heterocycles. The van der Waals surface area contributed by atoms with E-state index in [1.807, 2.05) is 24.3 Å². The monoisotopic (exact) mass is 458 g/mol. The lowest BCUT2D eigenvalue weighted by Gasteiger charge is -2.13. The van der Waals surface area contributed by atoms with Crippen LogP contribution in [0.2, 0.25) is 0 Å². The van der Waals surface area contributed by atoms with Crippen molar-refractivity contribution in [2.24, 2.45) is 0 Å². The molecule has 0 unspecified atom stereocenters. The second-order valence-corrected chi connectivity index (χ2v) is 8.95. The number of carboxylic acids is 1. The highest BCUT2D eigenvalue weighted by molar-refractivity contribution is 8.26. The molecule has 6 nitrogen and oxygen atoms in total. The molecule has 0 radical (unpaired) electrons. The number of aliphatic carboxylic acids is 1. The van der Waals surface area contributed by atoms with Crippen molar-refractivity contribution in [1.29, 1.82) is 0 Å². The molecule has 0 bridgehead atoms. The zero-order chi connectivity index (χ0) is 21.5. The number of ketones is 1. The van der Waals surface area contributed by atoms with Gasteiger partial charge >= 0.3 is 5.97 Å². The fraction of sp³-hybridized carbons (Fsp3) is 0.190. The summed E-state index contributed by atoms with van der Waals surface area (Å²) in [5.74, 6) is -0.909. The summed E-state index contributed by atoms with van der Waals surface area (Å²) in [5.41, 5.74) is 1.37. The van der Waals surface area contributed by atoms with Gasteiger partial charge in [-0.05, 0) is 18.6 Å². The van der Waals surface area contributed by atoms with Crippen LogP contribution in [0.15, 0.2) is 58.6 Å². The lowest BCUT2D eigenvalue weighted by Crippen LogP contribution is -2.29. The van der Waals surface area contributed by atoms with Crippen LogP contribution in [-0.2, 0) is 9.59 Å². The molecule has 154 valence electrons. The van der Waals surface area contributed by atoms with E-state index in [0.717, 1.165) is 5.56 Å². The largest absolute Gasteiger partial charge is 0.481 e. The van der Waals surface area contributed by atoms with Gasteiger partial charge in [0.25, 0.3) is 5.91 Å². The van der Waals surface area contributed by atoms with Gasteiger partial charge in [0, 0.05) is 30.3 Å². The van der Waals surface area contributed by atoms with Gasteiger partial charge in [-0.15, -0.1) is 0 Å². The number of thioether (sulfide) groups is 2. The van der Waals surface area contributed by atoms with Gasteiger partial charge in [-0.3, -0.25) is 19.3 Å². The minimum Gasteiger partial charge on any atom is -0.481 e. The summed E-state index contributed by atoms with van der Waals surface area (Å²) in [6, 6.07) is 12.7. The molecule has 1 saturated heterocycles. The zero-order valence-corrected chi connectivity index (χ0v) is 18.3. The van der Waals surface area contributed by atoms with E-state index in [1.165, 1.54) is 28.4 Å². The Bertz CT molecular complexity index is 1010. The maximum absolute atomic E-state index is 12.7. The standard InChI is InChI=1S/C21H18N2O4S3/c24-16(14-6-2-1-3-7-14)13-29-19-15(8-4-10-22-19)12-17-20(27)23(21(28)30-17)11-5-9-18(25)26/h1-4,6-8,10,12H,5,9,11,13H2,(H,25,26). The predicted octanol–water partition coefficient (Wildman–Crippen LogP) is 4.12. The first-order valence-electron chi connectivity index (χ1n) is 9.09. The minimum absolute atomic E-state index is 0.00181. The minimum atomic E-state index is -0.905. The van der Waals surface area contributed by atoms with Crippen LogP contribution in [0, 0.1) is 0 Å². The zero-order valence-electron chi connectivity index (χ0n) is 15.8. The van der Waals surface area contributed by atoms with E-state index in [2.05, 4.69) is 4.98 Å². The summed E-state index contributed by atoms with van der Waals surface area (Å²) in [4.78, 5) is 42.0. The fourth-order valence-electron chi connectivity index (χ4n) is 2.70. The summed E-state index contributed by atoms with van der Waals surface area (Å²) >= 11 is 7.78. The number of benzene rings is 1. The molecule has 0 saturated carbocycles. The number of Topliss-reactive ketones (excluding diaryl/α,β-unsaturated/α-hetero) is 1. The SMILES string of the molecule is O=C(O)CCCN1C(=O)C(=Cc2cccnc2SCC(=O)c2ccccc2)SC1=S. The molecule has 1 fully saturated rings. The fourth-order valence-corrected chi connectivity index (χ4v) is 4.86. The molecule has 1 aromatic carbocycles. The van der Waals surface area contributed by atoms with Crippen LogP contribution in [0.4, 0.5) is 0 Å². The Kier molecular flexibility index (Phi) is 7.78. The molecule has 2 aromatic rings. The summed E-state index contributed by atoms with van der Waals surface area (Å²) in [7, 11) is 0. The quantitative estimate of drug-likeness (QED) is 0.260. The first-order valence-corrected chi connectivity index (χ1v) is 11.3. The molecule has 2 heterocycles. The number of aromatic nitrogens is 1. The number of hydrogen-bond donors (Lipinski definition) is 1. The van der Waals surface area contributed by atoms with Gasteiger partial charge in [0.05, 0.1) is 10.7 Å². The van der Waals surface area contributed by atoms with Gasteiger partial charge < -0.3 is 5.11 Å². The van der Waals surface area contributed by atoms with Crippen molar-refractivity contribution in [3.05, 3.63) is 64.7 Å². The third-order valence-electron chi connectivity index (χ3n) is 4.17. The second kappa shape index (κ2) is 10.5. The number of thiocarbonyl (C=S) groups is 1. The Morgan fingerprint density at radius 1 is 1.20 bits per heavy atom. The first kappa shape index (κ1) is 22.2. The van der Waals surface area contributed by atoms with Gasteiger partial charge in [-0.1, -0.05) is 72.1 Å². The molecule has 9 heteroatoms. The normalized spacial score (nSPS) is 15.1. The van der Waals surface area contributed by atoms with Crippen molar-refractivity contribution >= 4 is 63.8 Å². The van der Waals surface area contributed by atoms with Crippen LogP contribution in [-0.4, -0.2) is 49.3 Å². The number of carboxylic acid groups (broad SMARTS) is 1.